The van der Waals surface area contributed by atoms with E-state index in [1.54, 1.807) is 4.90 Å². The molecule has 26 heavy (non-hydrogen) atoms. The highest BCUT2D eigenvalue weighted by Crippen LogP contribution is 2.62. The summed E-state index contributed by atoms with van der Waals surface area (Å²) in [5, 5.41) is 9.36. The van der Waals surface area contributed by atoms with Crippen LogP contribution >= 0.6 is 0 Å². The van der Waals surface area contributed by atoms with Crippen LogP contribution in [0, 0.1) is 16.6 Å². The minimum atomic E-state index is -1.28. The number of halogens is 1. The molecule has 2 saturated carbocycles. The lowest BCUT2D eigenvalue weighted by molar-refractivity contribution is -0.148. The number of carbonyl (C=O) groups is 2. The van der Waals surface area contributed by atoms with Gasteiger partial charge in [0, 0.05) is 18.0 Å². The maximum Gasteiger partial charge on any atom is 0.309 e. The summed E-state index contributed by atoms with van der Waals surface area (Å²) in [7, 11) is -1.28. The van der Waals surface area contributed by atoms with E-state index in [2.05, 4.69) is 0 Å². The minimum Gasteiger partial charge on any atom is -0.481 e. The molecule has 1 N–H and O–H groups in total. The van der Waals surface area contributed by atoms with E-state index in [1.165, 1.54) is 24.3 Å². The Bertz CT molecular complexity index is 770. The van der Waals surface area contributed by atoms with Crippen LogP contribution in [0.1, 0.15) is 38.5 Å². The van der Waals surface area contributed by atoms with Crippen LogP contribution in [0.25, 0.3) is 0 Å². The van der Waals surface area contributed by atoms with Gasteiger partial charge in [0.05, 0.1) is 26.9 Å². The molecule has 1 aliphatic heterocycles. The number of nitrogens with zero attached hydrogens (tertiary/aromatic N) is 1. The molecule has 0 radical (unpaired) electrons. The third-order valence-electron chi connectivity index (χ3n) is 6.53. The van der Waals surface area contributed by atoms with Gasteiger partial charge in [-0.05, 0) is 62.8 Å². The summed E-state index contributed by atoms with van der Waals surface area (Å²) >= 11 is 0. The van der Waals surface area contributed by atoms with Gasteiger partial charge in [0.1, 0.15) is 5.82 Å². The van der Waals surface area contributed by atoms with Gasteiger partial charge in [-0.1, -0.05) is 0 Å². The number of rotatable bonds is 4. The number of hydrogen-bond donors (Lipinski definition) is 1. The van der Waals surface area contributed by atoms with Crippen LogP contribution in [0.3, 0.4) is 0 Å². The van der Waals surface area contributed by atoms with Crippen molar-refractivity contribution in [1.82, 2.24) is 4.90 Å². The zero-order valence-corrected chi connectivity index (χ0v) is 15.3. The Kier molecular flexibility index (Phi) is 4.17. The molecule has 1 aromatic rings. The summed E-state index contributed by atoms with van der Waals surface area (Å²) in [5.74, 6) is -1.10. The van der Waals surface area contributed by atoms with Gasteiger partial charge in [-0.2, -0.15) is 0 Å². The predicted molar refractivity (Wildman–Crippen MR) is 93.4 cm³/mol. The summed E-state index contributed by atoms with van der Waals surface area (Å²) in [6.07, 6.45) is 3.52. The van der Waals surface area contributed by atoms with Crippen LogP contribution in [0.4, 0.5) is 4.39 Å². The molecule has 3 aliphatic rings. The fourth-order valence-electron chi connectivity index (χ4n) is 4.97. The van der Waals surface area contributed by atoms with E-state index in [9.17, 15) is 23.3 Å². The normalized spacial score (nSPS) is 34.2. The van der Waals surface area contributed by atoms with Crippen molar-refractivity contribution in [3.8, 4) is 0 Å². The second kappa shape index (κ2) is 6.15. The number of aliphatic carboxylic acids is 1. The molecule has 2 aliphatic carbocycles. The van der Waals surface area contributed by atoms with Crippen LogP contribution in [-0.2, 0) is 20.4 Å². The van der Waals surface area contributed by atoms with Crippen LogP contribution in [0.5, 0.6) is 0 Å². The van der Waals surface area contributed by atoms with Gasteiger partial charge in [0.15, 0.2) is 0 Å². The molecular formula is C19H22FNO4S. The molecule has 140 valence electrons. The first-order valence-corrected chi connectivity index (χ1v) is 10.3. The molecular weight excluding hydrogens is 357 g/mol. The highest BCUT2D eigenvalue weighted by Gasteiger charge is 2.62. The maximum absolute atomic E-state index is 13.1. The number of carboxylic acid groups (broad SMARTS) is 1. The second-order valence-electron chi connectivity index (χ2n) is 7.96. The van der Waals surface area contributed by atoms with Crippen LogP contribution in [0.2, 0.25) is 0 Å². The Morgan fingerprint density at radius 2 is 1.73 bits per heavy atom. The zero-order valence-electron chi connectivity index (χ0n) is 14.4. The van der Waals surface area contributed by atoms with Gasteiger partial charge in [0.25, 0.3) is 0 Å². The number of hydrogen-bond acceptors (Lipinski definition) is 3. The molecule has 3 fully saturated rings. The fraction of sp³-hybridized carbons (Fsp3) is 0.579. The van der Waals surface area contributed by atoms with Gasteiger partial charge in [-0.25, -0.2) is 4.39 Å². The number of amides is 1. The number of likely N-dealkylation sites (tertiary alicyclic amines) is 1. The van der Waals surface area contributed by atoms with Crippen molar-refractivity contribution in [3.63, 3.8) is 0 Å². The molecule has 7 heteroatoms. The van der Waals surface area contributed by atoms with Crippen molar-refractivity contribution in [2.24, 2.45) is 10.8 Å². The molecule has 1 heterocycles. The Morgan fingerprint density at radius 1 is 1.12 bits per heavy atom. The van der Waals surface area contributed by atoms with E-state index in [0.717, 1.165) is 0 Å². The fourth-order valence-corrected chi connectivity index (χ4v) is 6.40. The van der Waals surface area contributed by atoms with Gasteiger partial charge in [-0.3, -0.25) is 13.8 Å². The maximum atomic E-state index is 13.1. The Morgan fingerprint density at radius 3 is 2.31 bits per heavy atom. The molecule has 1 amide bonds. The second-order valence-corrected chi connectivity index (χ2v) is 9.69. The van der Waals surface area contributed by atoms with Gasteiger partial charge < -0.3 is 10.0 Å². The predicted octanol–water partition coefficient (Wildman–Crippen LogP) is 2.57. The molecule has 2 atom stereocenters. The van der Waals surface area contributed by atoms with Crippen LogP contribution in [0.15, 0.2) is 29.2 Å². The third-order valence-corrected chi connectivity index (χ3v) is 8.26. The van der Waals surface area contributed by atoms with Crippen molar-refractivity contribution in [1.29, 1.82) is 0 Å². The smallest absolute Gasteiger partial charge is 0.309 e. The lowest BCUT2D eigenvalue weighted by Crippen LogP contribution is -2.41. The van der Waals surface area contributed by atoms with Gasteiger partial charge in [0.2, 0.25) is 5.91 Å². The Labute approximate surface area is 154 Å². The van der Waals surface area contributed by atoms with Crippen LogP contribution in [-0.4, -0.2) is 44.4 Å². The molecule has 1 aromatic carbocycles. The van der Waals surface area contributed by atoms with Gasteiger partial charge in [-0.15, -0.1) is 0 Å². The Hall–Kier alpha value is -1.76. The number of carbonyl (C=O) groups excluding carboxylic acids is 1. The highest BCUT2D eigenvalue weighted by atomic mass is 32.2. The summed E-state index contributed by atoms with van der Waals surface area (Å²) in [5.41, 5.74) is -1.25. The lowest BCUT2D eigenvalue weighted by Gasteiger charge is -2.30. The monoisotopic (exact) mass is 379 g/mol. The Balaban J connectivity index is 1.44. The number of benzene rings is 1. The van der Waals surface area contributed by atoms with E-state index < -0.39 is 27.6 Å². The average Bonchev–Trinajstić information content (AvgIpc) is 3.36. The SMILES string of the molecule is O=C(O)C12CCC(C(=O)N3CCC(S(=O)c4ccc(F)cc4)C3)(CC1)C2. The zero-order chi connectivity index (χ0) is 18.5. The molecule has 2 unspecified atom stereocenters. The first-order chi connectivity index (χ1) is 12.4. The summed E-state index contributed by atoms with van der Waals surface area (Å²) in [4.78, 5) is 27.1. The summed E-state index contributed by atoms with van der Waals surface area (Å²) < 4.78 is 25.8. The lowest BCUT2D eigenvalue weighted by atomic mass is 9.81. The van der Waals surface area contributed by atoms with Crippen molar-refractivity contribution >= 4 is 22.7 Å². The van der Waals surface area contributed by atoms with Crippen molar-refractivity contribution in [3.05, 3.63) is 30.1 Å². The molecule has 2 bridgehead atoms. The first-order valence-electron chi connectivity index (χ1n) is 9.04. The van der Waals surface area contributed by atoms with Crippen molar-refractivity contribution in [2.45, 2.75) is 48.7 Å². The topological polar surface area (TPSA) is 74.7 Å². The van der Waals surface area contributed by atoms with E-state index in [4.69, 9.17) is 0 Å². The van der Waals surface area contributed by atoms with E-state index in [0.29, 0.717) is 56.5 Å². The molecule has 0 aromatic heterocycles. The summed E-state index contributed by atoms with van der Waals surface area (Å²) in [6.45, 7) is 0.975. The summed E-state index contributed by atoms with van der Waals surface area (Å²) in [6, 6.07) is 5.66. The highest BCUT2D eigenvalue weighted by molar-refractivity contribution is 7.85. The van der Waals surface area contributed by atoms with Crippen molar-refractivity contribution < 1.29 is 23.3 Å². The quantitative estimate of drug-likeness (QED) is 0.873. The standard InChI is InChI=1S/C19H22FNO4S/c20-13-1-3-14(4-2-13)26(25)15-5-10-21(11-15)16(22)18-6-8-19(12-18,9-7-18)17(23)24/h1-4,15H,5-12H2,(H,23,24). The van der Waals surface area contributed by atoms with E-state index in [-0.39, 0.29) is 17.0 Å². The number of carboxylic acids is 1. The molecule has 4 rings (SSSR count). The molecule has 5 nitrogen and oxygen atoms in total. The largest absolute Gasteiger partial charge is 0.481 e. The third kappa shape index (κ3) is 2.68. The minimum absolute atomic E-state index is 0.0386. The van der Waals surface area contributed by atoms with E-state index >= 15 is 0 Å². The average molecular weight is 379 g/mol. The number of fused-ring (bicyclic) bond motifs is 2. The van der Waals surface area contributed by atoms with Crippen LogP contribution < -0.4 is 0 Å². The first kappa shape index (κ1) is 17.6. The van der Waals surface area contributed by atoms with Crippen molar-refractivity contribution in [2.75, 3.05) is 13.1 Å². The van der Waals surface area contributed by atoms with E-state index in [1.807, 2.05) is 0 Å². The molecule has 0 spiro atoms. The molecule has 1 saturated heterocycles. The van der Waals surface area contributed by atoms with Gasteiger partial charge >= 0.3 is 5.97 Å².